The van der Waals surface area contributed by atoms with Crippen molar-refractivity contribution in [2.45, 2.75) is 13.8 Å². The van der Waals surface area contributed by atoms with Crippen molar-refractivity contribution in [2.24, 2.45) is 7.05 Å². The van der Waals surface area contributed by atoms with E-state index < -0.39 is 5.97 Å². The first-order valence-corrected chi connectivity index (χ1v) is 6.76. The number of carbonyl (C=O) groups excluding carboxylic acids is 1. The van der Waals surface area contributed by atoms with Crippen LogP contribution >= 0.6 is 0 Å². The third-order valence-electron chi connectivity index (χ3n) is 3.33. The Labute approximate surface area is 127 Å². The molecule has 3 rings (SSSR count). The summed E-state index contributed by atoms with van der Waals surface area (Å²) in [5.41, 5.74) is 2.35. The molecule has 0 N–H and O–H groups in total. The predicted octanol–water partition coefficient (Wildman–Crippen LogP) is 1.84. The van der Waals surface area contributed by atoms with Crippen LogP contribution in [0.4, 0.5) is 0 Å². The summed E-state index contributed by atoms with van der Waals surface area (Å²) in [4.78, 5) is 13.6. The molecular weight excluding hydrogens is 282 g/mol. The first-order valence-electron chi connectivity index (χ1n) is 6.76. The van der Waals surface area contributed by atoms with E-state index >= 15 is 0 Å². The number of aromatic nitrogens is 5. The number of rotatable bonds is 3. The molecule has 7 heteroatoms. The van der Waals surface area contributed by atoms with Gasteiger partial charge in [0.25, 0.3) is 0 Å². The molecule has 0 aliphatic rings. The molecule has 0 amide bonds. The molecule has 22 heavy (non-hydrogen) atoms. The lowest BCUT2D eigenvalue weighted by Gasteiger charge is -2.02. The Hall–Kier alpha value is -2.96. The molecule has 0 aliphatic heterocycles. The van der Waals surface area contributed by atoms with Crippen LogP contribution in [0.3, 0.4) is 0 Å². The van der Waals surface area contributed by atoms with Gasteiger partial charge in [-0.3, -0.25) is 4.68 Å². The first kappa shape index (κ1) is 14.0. The van der Waals surface area contributed by atoms with Crippen LogP contribution in [0, 0.1) is 13.8 Å². The number of hydrogen-bond donors (Lipinski definition) is 0. The monoisotopic (exact) mass is 297 g/mol. The van der Waals surface area contributed by atoms with E-state index in [4.69, 9.17) is 4.74 Å². The van der Waals surface area contributed by atoms with Crippen molar-refractivity contribution in [2.75, 3.05) is 0 Å². The summed E-state index contributed by atoms with van der Waals surface area (Å²) in [6, 6.07) is 9.35. The Morgan fingerprint density at radius 2 is 1.86 bits per heavy atom. The molecule has 0 spiro atoms. The van der Waals surface area contributed by atoms with Crippen LogP contribution in [0.2, 0.25) is 0 Å². The molecule has 112 valence electrons. The van der Waals surface area contributed by atoms with E-state index in [-0.39, 0.29) is 5.69 Å². The number of nitrogens with zero attached hydrogens (tertiary/aromatic N) is 5. The van der Waals surface area contributed by atoms with Gasteiger partial charge in [-0.2, -0.15) is 15.0 Å². The van der Waals surface area contributed by atoms with Gasteiger partial charge in [0.1, 0.15) is 5.69 Å². The van der Waals surface area contributed by atoms with Gasteiger partial charge in [0.05, 0.1) is 17.6 Å². The Morgan fingerprint density at radius 3 is 2.50 bits per heavy atom. The minimum Gasteiger partial charge on any atom is -0.418 e. The Morgan fingerprint density at radius 1 is 1.14 bits per heavy atom. The van der Waals surface area contributed by atoms with Crippen molar-refractivity contribution in [3.63, 3.8) is 0 Å². The summed E-state index contributed by atoms with van der Waals surface area (Å²) in [7, 11) is 1.80. The maximum atomic E-state index is 12.2. The lowest BCUT2D eigenvalue weighted by atomic mass is 10.3. The highest BCUT2D eigenvalue weighted by Crippen LogP contribution is 2.22. The second-order valence-electron chi connectivity index (χ2n) is 4.87. The fraction of sp³-hybridized carbons (Fsp3) is 0.200. The molecule has 1 aromatic carbocycles. The highest BCUT2D eigenvalue weighted by atomic mass is 16.5. The molecule has 0 saturated carbocycles. The van der Waals surface area contributed by atoms with E-state index in [0.29, 0.717) is 11.4 Å². The zero-order valence-corrected chi connectivity index (χ0v) is 12.5. The van der Waals surface area contributed by atoms with Gasteiger partial charge in [-0.1, -0.05) is 18.2 Å². The molecular formula is C15H15N5O2. The Kier molecular flexibility index (Phi) is 3.46. The van der Waals surface area contributed by atoms with E-state index in [0.717, 1.165) is 11.4 Å². The second-order valence-corrected chi connectivity index (χ2v) is 4.87. The van der Waals surface area contributed by atoms with Crippen LogP contribution in [0.25, 0.3) is 5.69 Å². The average molecular weight is 297 g/mol. The highest BCUT2D eigenvalue weighted by molar-refractivity contribution is 5.88. The molecule has 0 atom stereocenters. The zero-order valence-electron chi connectivity index (χ0n) is 12.5. The topological polar surface area (TPSA) is 74.8 Å². The molecule has 0 radical (unpaired) electrons. The van der Waals surface area contributed by atoms with E-state index in [9.17, 15) is 4.79 Å². The lowest BCUT2D eigenvalue weighted by molar-refractivity contribution is 0.0725. The number of benzene rings is 1. The van der Waals surface area contributed by atoms with Gasteiger partial charge in [0, 0.05) is 7.05 Å². The fourth-order valence-electron chi connectivity index (χ4n) is 2.09. The molecule has 0 unspecified atom stereocenters. The normalized spacial score (nSPS) is 10.7. The smallest absolute Gasteiger partial charge is 0.366 e. The summed E-state index contributed by atoms with van der Waals surface area (Å²) in [6.45, 7) is 3.62. The van der Waals surface area contributed by atoms with Gasteiger partial charge in [-0.25, -0.2) is 4.79 Å². The molecule has 0 bridgehead atoms. The molecule has 0 aliphatic carbocycles. The number of ether oxygens (including phenoxy) is 1. The number of aryl methyl sites for hydroxylation is 2. The highest BCUT2D eigenvalue weighted by Gasteiger charge is 2.19. The van der Waals surface area contributed by atoms with Gasteiger partial charge >= 0.3 is 5.97 Å². The van der Waals surface area contributed by atoms with Crippen LogP contribution in [0.15, 0.2) is 36.5 Å². The van der Waals surface area contributed by atoms with Gasteiger partial charge in [-0.05, 0) is 26.0 Å². The van der Waals surface area contributed by atoms with Gasteiger partial charge in [0.15, 0.2) is 11.4 Å². The predicted molar refractivity (Wildman–Crippen MR) is 79.0 cm³/mol. The third kappa shape index (κ3) is 2.48. The van der Waals surface area contributed by atoms with Crippen LogP contribution in [0.1, 0.15) is 21.9 Å². The van der Waals surface area contributed by atoms with Crippen molar-refractivity contribution in [3.05, 3.63) is 53.6 Å². The maximum Gasteiger partial charge on any atom is 0.366 e. The van der Waals surface area contributed by atoms with Gasteiger partial charge < -0.3 is 4.74 Å². The Balaban J connectivity index is 1.83. The van der Waals surface area contributed by atoms with Crippen LogP contribution < -0.4 is 4.74 Å². The number of carbonyl (C=O) groups is 1. The van der Waals surface area contributed by atoms with E-state index in [1.54, 1.807) is 18.7 Å². The van der Waals surface area contributed by atoms with Crippen molar-refractivity contribution in [1.29, 1.82) is 0 Å². The quantitative estimate of drug-likeness (QED) is 0.690. The summed E-state index contributed by atoms with van der Waals surface area (Å²) < 4.78 is 7.06. The molecule has 2 aromatic heterocycles. The molecule has 0 fully saturated rings. The average Bonchev–Trinajstić information content (AvgIpc) is 3.10. The largest absolute Gasteiger partial charge is 0.418 e. The summed E-state index contributed by atoms with van der Waals surface area (Å²) in [5, 5.41) is 12.4. The summed E-state index contributed by atoms with van der Waals surface area (Å²) in [5.74, 6) is -0.0943. The molecule has 0 saturated heterocycles. The standard InChI is InChI=1S/C15H15N5O2/c1-10-14(11(2)19(3)17-10)22-15(21)13-9-16-20(18-13)12-7-5-4-6-8-12/h4-9H,1-3H3. The van der Waals surface area contributed by atoms with E-state index in [1.165, 1.54) is 11.0 Å². The fourth-order valence-corrected chi connectivity index (χ4v) is 2.09. The molecule has 3 aromatic rings. The minimum atomic E-state index is -0.554. The minimum absolute atomic E-state index is 0.145. The van der Waals surface area contributed by atoms with Crippen molar-refractivity contribution in [1.82, 2.24) is 24.8 Å². The van der Waals surface area contributed by atoms with Gasteiger partial charge in [0.2, 0.25) is 0 Å². The lowest BCUT2D eigenvalue weighted by Crippen LogP contribution is -2.11. The number of esters is 1. The second kappa shape index (κ2) is 5.44. The van der Waals surface area contributed by atoms with Crippen LogP contribution in [0.5, 0.6) is 5.75 Å². The van der Waals surface area contributed by atoms with Crippen molar-refractivity contribution in [3.8, 4) is 11.4 Å². The third-order valence-corrected chi connectivity index (χ3v) is 3.33. The van der Waals surface area contributed by atoms with Crippen LogP contribution in [-0.4, -0.2) is 30.7 Å². The van der Waals surface area contributed by atoms with Crippen LogP contribution in [-0.2, 0) is 7.05 Å². The molecule has 7 nitrogen and oxygen atoms in total. The number of para-hydroxylation sites is 1. The van der Waals surface area contributed by atoms with E-state index in [1.807, 2.05) is 37.3 Å². The summed E-state index contributed by atoms with van der Waals surface area (Å²) >= 11 is 0. The SMILES string of the molecule is Cc1nn(C)c(C)c1OC(=O)c1cnn(-c2ccccc2)n1. The van der Waals surface area contributed by atoms with Crippen molar-refractivity contribution < 1.29 is 9.53 Å². The van der Waals surface area contributed by atoms with Gasteiger partial charge in [-0.15, -0.1) is 5.10 Å². The first-order chi connectivity index (χ1) is 10.6. The summed E-state index contributed by atoms with van der Waals surface area (Å²) in [6.07, 6.45) is 1.39. The Bertz CT molecular complexity index is 820. The molecule has 2 heterocycles. The zero-order chi connectivity index (χ0) is 15.7. The van der Waals surface area contributed by atoms with E-state index in [2.05, 4.69) is 15.3 Å². The number of hydrogen-bond acceptors (Lipinski definition) is 5. The maximum absolute atomic E-state index is 12.2. The van der Waals surface area contributed by atoms with Crippen molar-refractivity contribution >= 4 is 5.97 Å².